The van der Waals surface area contributed by atoms with Gasteiger partial charge in [-0.25, -0.2) is 4.79 Å². The number of para-hydroxylation sites is 1. The number of halogens is 1. The van der Waals surface area contributed by atoms with Gasteiger partial charge >= 0.3 is 5.97 Å². The van der Waals surface area contributed by atoms with Crippen molar-refractivity contribution in [1.29, 1.82) is 0 Å². The molecule has 2 heterocycles. The van der Waals surface area contributed by atoms with Gasteiger partial charge in [-0.05, 0) is 36.8 Å². The number of carbonyl (C=O) groups excluding carboxylic acids is 2. The largest absolute Gasteiger partial charge is 0.506 e. The van der Waals surface area contributed by atoms with E-state index in [0.717, 1.165) is 39.0 Å². The molecule has 26 heavy (non-hydrogen) atoms. The summed E-state index contributed by atoms with van der Waals surface area (Å²) in [6.45, 7) is 3.02. The second-order valence-electron chi connectivity index (χ2n) is 6.80. The first-order valence-electron chi connectivity index (χ1n) is 8.54. The van der Waals surface area contributed by atoms with Crippen LogP contribution in [0.1, 0.15) is 40.0 Å². The average molecular weight is 385 g/mol. The minimum Gasteiger partial charge on any atom is -0.506 e. The highest BCUT2D eigenvalue weighted by Crippen LogP contribution is 2.38. The summed E-state index contributed by atoms with van der Waals surface area (Å²) in [5.41, 5.74) is 0.331. The number of hydrogen-bond donors (Lipinski definition) is 3. The zero-order valence-electron chi connectivity index (χ0n) is 14.7. The minimum absolute atomic E-state index is 0. The second kappa shape index (κ2) is 8.70. The van der Waals surface area contributed by atoms with E-state index in [4.69, 9.17) is 4.74 Å². The van der Waals surface area contributed by atoms with E-state index in [1.54, 1.807) is 6.07 Å². The number of amides is 1. The van der Waals surface area contributed by atoms with Crippen molar-refractivity contribution in [2.45, 2.75) is 25.3 Å². The van der Waals surface area contributed by atoms with Gasteiger partial charge in [0.05, 0.1) is 12.7 Å². The molecule has 144 valence electrons. The van der Waals surface area contributed by atoms with Crippen molar-refractivity contribution in [2.75, 3.05) is 33.4 Å². The molecule has 7 nitrogen and oxygen atoms in total. The predicted octanol–water partition coefficient (Wildman–Crippen LogP) is 1.49. The summed E-state index contributed by atoms with van der Waals surface area (Å²) in [6, 6.07) is 4.66. The SMILES string of the molecule is COC(=O)c1cccc(C(=O)NCC2CC3(CCOCC3)CN2)c1O.Cl. The van der Waals surface area contributed by atoms with Crippen molar-refractivity contribution in [3.63, 3.8) is 0 Å². The molecule has 2 fully saturated rings. The van der Waals surface area contributed by atoms with Gasteiger partial charge < -0.3 is 25.2 Å². The maximum Gasteiger partial charge on any atom is 0.341 e. The number of phenolic OH excluding ortho intramolecular Hbond substituents is 1. The Morgan fingerprint density at radius 2 is 2.04 bits per heavy atom. The molecule has 0 saturated carbocycles. The lowest BCUT2D eigenvalue weighted by Crippen LogP contribution is -2.37. The van der Waals surface area contributed by atoms with E-state index in [9.17, 15) is 14.7 Å². The van der Waals surface area contributed by atoms with Gasteiger partial charge in [0.1, 0.15) is 11.3 Å². The standard InChI is InChI=1S/C18H24N2O5.ClH/c1-24-17(23)14-4-2-3-13(15(14)21)16(22)19-10-12-9-18(11-20-12)5-7-25-8-6-18;/h2-4,12,20-21H,5-11H2,1H3,(H,19,22);1H. The van der Waals surface area contributed by atoms with Crippen LogP contribution in [-0.2, 0) is 9.47 Å². The monoisotopic (exact) mass is 384 g/mol. The molecule has 1 atom stereocenters. The number of phenols is 1. The van der Waals surface area contributed by atoms with Crippen LogP contribution >= 0.6 is 12.4 Å². The molecule has 3 rings (SSSR count). The Labute approximate surface area is 158 Å². The van der Waals surface area contributed by atoms with Gasteiger partial charge in [0.15, 0.2) is 0 Å². The van der Waals surface area contributed by atoms with Crippen molar-refractivity contribution in [3.8, 4) is 5.75 Å². The molecular formula is C18H25ClN2O5. The quantitative estimate of drug-likeness (QED) is 0.680. The van der Waals surface area contributed by atoms with Crippen LogP contribution in [0.15, 0.2) is 18.2 Å². The molecule has 8 heteroatoms. The van der Waals surface area contributed by atoms with Crippen LogP contribution in [0.5, 0.6) is 5.75 Å². The topological polar surface area (TPSA) is 96.9 Å². The Bertz CT molecular complexity index is 661. The number of hydrogen-bond acceptors (Lipinski definition) is 6. The fourth-order valence-corrected chi connectivity index (χ4v) is 3.67. The van der Waals surface area contributed by atoms with E-state index >= 15 is 0 Å². The number of esters is 1. The zero-order valence-corrected chi connectivity index (χ0v) is 15.6. The summed E-state index contributed by atoms with van der Waals surface area (Å²) in [5, 5.41) is 16.5. The summed E-state index contributed by atoms with van der Waals surface area (Å²) < 4.78 is 10.0. The Balaban J connectivity index is 0.00000243. The van der Waals surface area contributed by atoms with Crippen LogP contribution < -0.4 is 10.6 Å². The third-order valence-corrected chi connectivity index (χ3v) is 5.19. The summed E-state index contributed by atoms with van der Waals surface area (Å²) in [7, 11) is 1.23. The molecule has 2 aliphatic rings. The first-order chi connectivity index (χ1) is 12.0. The van der Waals surface area contributed by atoms with E-state index in [0.29, 0.717) is 6.54 Å². The number of ether oxygens (including phenoxy) is 2. The van der Waals surface area contributed by atoms with Crippen molar-refractivity contribution in [2.24, 2.45) is 5.41 Å². The summed E-state index contributed by atoms with van der Waals surface area (Å²) >= 11 is 0. The first kappa shape index (κ1) is 20.5. The molecule has 1 spiro atoms. The van der Waals surface area contributed by atoms with Gasteiger partial charge in [0, 0.05) is 32.3 Å². The molecule has 0 radical (unpaired) electrons. The molecule has 2 aliphatic heterocycles. The molecular weight excluding hydrogens is 360 g/mol. The molecule has 0 bridgehead atoms. The lowest BCUT2D eigenvalue weighted by Gasteiger charge is -2.32. The van der Waals surface area contributed by atoms with Crippen LogP contribution in [0.2, 0.25) is 0 Å². The average Bonchev–Trinajstić information content (AvgIpc) is 3.02. The maximum absolute atomic E-state index is 12.4. The summed E-state index contributed by atoms with van der Waals surface area (Å²) in [5.74, 6) is -1.43. The van der Waals surface area contributed by atoms with Crippen LogP contribution in [0.3, 0.4) is 0 Å². The fourth-order valence-electron chi connectivity index (χ4n) is 3.67. The van der Waals surface area contributed by atoms with Gasteiger partial charge in [0.25, 0.3) is 5.91 Å². The van der Waals surface area contributed by atoms with E-state index < -0.39 is 11.9 Å². The van der Waals surface area contributed by atoms with E-state index in [1.807, 2.05) is 0 Å². The molecule has 3 N–H and O–H groups in total. The molecule has 1 aromatic rings. The third kappa shape index (κ3) is 4.28. The number of benzene rings is 1. The molecule has 1 amide bonds. The number of rotatable bonds is 4. The molecule has 0 aliphatic carbocycles. The first-order valence-corrected chi connectivity index (χ1v) is 8.54. The Kier molecular flexibility index (Phi) is 6.86. The minimum atomic E-state index is -0.675. The van der Waals surface area contributed by atoms with Gasteiger partial charge in [0.2, 0.25) is 0 Å². The van der Waals surface area contributed by atoms with Crippen molar-refractivity contribution in [1.82, 2.24) is 10.6 Å². The molecule has 1 aromatic carbocycles. The lowest BCUT2D eigenvalue weighted by molar-refractivity contribution is 0.0234. The lowest BCUT2D eigenvalue weighted by atomic mass is 9.78. The van der Waals surface area contributed by atoms with Crippen LogP contribution in [-0.4, -0.2) is 56.4 Å². The highest BCUT2D eigenvalue weighted by Gasteiger charge is 2.40. The van der Waals surface area contributed by atoms with E-state index in [1.165, 1.54) is 19.2 Å². The second-order valence-corrected chi connectivity index (χ2v) is 6.80. The van der Waals surface area contributed by atoms with Crippen LogP contribution in [0, 0.1) is 5.41 Å². The van der Waals surface area contributed by atoms with E-state index in [2.05, 4.69) is 15.4 Å². The summed E-state index contributed by atoms with van der Waals surface area (Å²) in [6.07, 6.45) is 3.10. The normalized spacial score (nSPS) is 21.0. The van der Waals surface area contributed by atoms with Crippen molar-refractivity contribution in [3.05, 3.63) is 29.3 Å². The zero-order chi connectivity index (χ0) is 17.9. The fraction of sp³-hybridized carbons (Fsp3) is 0.556. The number of methoxy groups -OCH3 is 1. The van der Waals surface area contributed by atoms with Crippen molar-refractivity contribution >= 4 is 24.3 Å². The van der Waals surface area contributed by atoms with Gasteiger partial charge in [-0.3, -0.25) is 4.79 Å². The highest BCUT2D eigenvalue weighted by atomic mass is 35.5. The number of carbonyl (C=O) groups is 2. The van der Waals surface area contributed by atoms with Gasteiger partial charge in [-0.15, -0.1) is 12.4 Å². The van der Waals surface area contributed by atoms with Crippen LogP contribution in [0.4, 0.5) is 0 Å². The third-order valence-electron chi connectivity index (χ3n) is 5.19. The highest BCUT2D eigenvalue weighted by molar-refractivity contribution is 6.02. The maximum atomic E-state index is 12.4. The predicted molar refractivity (Wildman–Crippen MR) is 97.9 cm³/mol. The van der Waals surface area contributed by atoms with Gasteiger partial charge in [-0.1, -0.05) is 6.07 Å². The number of aromatic hydroxyl groups is 1. The van der Waals surface area contributed by atoms with Crippen molar-refractivity contribution < 1.29 is 24.2 Å². The van der Waals surface area contributed by atoms with E-state index in [-0.39, 0.29) is 40.7 Å². The molecule has 1 unspecified atom stereocenters. The molecule has 0 aromatic heterocycles. The summed E-state index contributed by atoms with van der Waals surface area (Å²) in [4.78, 5) is 24.0. The Hall–Kier alpha value is -1.83. The molecule has 2 saturated heterocycles. The Morgan fingerprint density at radius 3 is 2.73 bits per heavy atom. The Morgan fingerprint density at radius 1 is 1.35 bits per heavy atom. The number of nitrogens with one attached hydrogen (secondary N) is 2. The van der Waals surface area contributed by atoms with Gasteiger partial charge in [-0.2, -0.15) is 0 Å². The van der Waals surface area contributed by atoms with Crippen LogP contribution in [0.25, 0.3) is 0 Å². The smallest absolute Gasteiger partial charge is 0.341 e.